The zero-order chi connectivity index (χ0) is 10.4. The Bertz CT molecular complexity index is 283. The fourth-order valence-electron chi connectivity index (χ4n) is 0.966. The Kier molecular flexibility index (Phi) is 3.98. The Hall–Kier alpha value is -1.51. The molecule has 1 amide bonds. The minimum atomic E-state index is -0.434. The van der Waals surface area contributed by atoms with Gasteiger partial charge in [-0.05, 0) is 19.4 Å². The molecule has 0 aliphatic heterocycles. The normalized spacial score (nSPS) is 9.93. The maximum Gasteiger partial charge on any atom is 0.407 e. The molecule has 1 N–H and O–H groups in total. The SMILES string of the molecule is [CH2]C(C)NC(=O)OCc1ccccc1. The molecule has 1 rings (SSSR count). The van der Waals surface area contributed by atoms with E-state index in [1.165, 1.54) is 0 Å². The fourth-order valence-corrected chi connectivity index (χ4v) is 0.966. The lowest BCUT2D eigenvalue weighted by Gasteiger charge is -2.08. The number of hydrogen-bond acceptors (Lipinski definition) is 2. The number of carbonyl (C=O) groups excluding carboxylic acids is 1. The van der Waals surface area contributed by atoms with Crippen molar-refractivity contribution in [3.05, 3.63) is 42.8 Å². The van der Waals surface area contributed by atoms with E-state index in [9.17, 15) is 4.79 Å². The molecular formula is C11H14NO2. The van der Waals surface area contributed by atoms with Crippen molar-refractivity contribution in [2.24, 2.45) is 0 Å². The van der Waals surface area contributed by atoms with Crippen LogP contribution in [0.4, 0.5) is 4.79 Å². The van der Waals surface area contributed by atoms with E-state index in [0.717, 1.165) is 5.56 Å². The maximum absolute atomic E-state index is 11.1. The molecular weight excluding hydrogens is 178 g/mol. The number of amides is 1. The average Bonchev–Trinajstić information content (AvgIpc) is 2.15. The van der Waals surface area contributed by atoms with Crippen LogP contribution in [-0.4, -0.2) is 12.1 Å². The number of rotatable bonds is 3. The highest BCUT2D eigenvalue weighted by molar-refractivity contribution is 5.67. The maximum atomic E-state index is 11.1. The molecule has 1 unspecified atom stereocenters. The second-order valence-electron chi connectivity index (χ2n) is 3.11. The van der Waals surface area contributed by atoms with Gasteiger partial charge >= 0.3 is 6.09 Å². The first-order chi connectivity index (χ1) is 6.68. The van der Waals surface area contributed by atoms with E-state index in [2.05, 4.69) is 12.2 Å². The van der Waals surface area contributed by atoms with Crippen molar-refractivity contribution in [1.29, 1.82) is 0 Å². The van der Waals surface area contributed by atoms with Gasteiger partial charge in [0.25, 0.3) is 0 Å². The molecule has 0 aliphatic rings. The van der Waals surface area contributed by atoms with Crippen LogP contribution in [0.3, 0.4) is 0 Å². The van der Waals surface area contributed by atoms with E-state index < -0.39 is 6.09 Å². The lowest BCUT2D eigenvalue weighted by Crippen LogP contribution is -2.30. The second kappa shape index (κ2) is 5.27. The largest absolute Gasteiger partial charge is 0.445 e. The summed E-state index contributed by atoms with van der Waals surface area (Å²) in [6, 6.07) is 9.39. The van der Waals surface area contributed by atoms with Gasteiger partial charge in [-0.1, -0.05) is 30.3 Å². The lowest BCUT2D eigenvalue weighted by molar-refractivity contribution is 0.138. The number of nitrogens with one attached hydrogen (secondary N) is 1. The number of alkyl carbamates (subject to hydrolysis) is 1. The molecule has 0 spiro atoms. The van der Waals surface area contributed by atoms with Gasteiger partial charge in [0.15, 0.2) is 0 Å². The monoisotopic (exact) mass is 192 g/mol. The predicted octanol–water partition coefficient (Wildman–Crippen LogP) is 2.14. The Morgan fingerprint density at radius 2 is 2.14 bits per heavy atom. The van der Waals surface area contributed by atoms with Crippen molar-refractivity contribution >= 4 is 6.09 Å². The zero-order valence-corrected chi connectivity index (χ0v) is 8.19. The Morgan fingerprint density at radius 1 is 1.50 bits per heavy atom. The van der Waals surface area contributed by atoms with Crippen LogP contribution in [0.2, 0.25) is 0 Å². The molecule has 0 heterocycles. The molecule has 0 saturated carbocycles. The molecule has 14 heavy (non-hydrogen) atoms. The lowest BCUT2D eigenvalue weighted by atomic mass is 10.2. The van der Waals surface area contributed by atoms with Gasteiger partial charge in [0.2, 0.25) is 0 Å². The highest BCUT2D eigenvalue weighted by atomic mass is 16.5. The Balaban J connectivity index is 2.31. The summed E-state index contributed by atoms with van der Waals surface area (Å²) in [6.07, 6.45) is -0.434. The van der Waals surface area contributed by atoms with E-state index in [0.29, 0.717) is 6.61 Å². The predicted molar refractivity (Wildman–Crippen MR) is 54.6 cm³/mol. The van der Waals surface area contributed by atoms with Crippen LogP contribution >= 0.6 is 0 Å². The van der Waals surface area contributed by atoms with Crippen LogP contribution < -0.4 is 5.32 Å². The van der Waals surface area contributed by atoms with E-state index >= 15 is 0 Å². The molecule has 0 saturated heterocycles. The third-order valence-electron chi connectivity index (χ3n) is 1.58. The van der Waals surface area contributed by atoms with Crippen LogP contribution in [-0.2, 0) is 11.3 Å². The van der Waals surface area contributed by atoms with Gasteiger partial charge in [-0.25, -0.2) is 4.79 Å². The summed E-state index contributed by atoms with van der Waals surface area (Å²) >= 11 is 0. The standard InChI is InChI=1S/C11H14NO2/c1-9(2)12-11(13)14-8-10-6-4-3-5-7-10/h3-7,9H,1,8H2,2H3,(H,12,13). The highest BCUT2D eigenvalue weighted by Crippen LogP contribution is 2.00. The summed E-state index contributed by atoms with van der Waals surface area (Å²) in [7, 11) is 0. The van der Waals surface area contributed by atoms with Gasteiger partial charge < -0.3 is 10.1 Å². The third-order valence-corrected chi connectivity index (χ3v) is 1.58. The second-order valence-corrected chi connectivity index (χ2v) is 3.11. The molecule has 75 valence electrons. The van der Waals surface area contributed by atoms with Gasteiger partial charge in [0.1, 0.15) is 6.61 Å². The smallest absolute Gasteiger partial charge is 0.407 e. The average molecular weight is 192 g/mol. The van der Waals surface area contributed by atoms with Crippen molar-refractivity contribution in [2.45, 2.75) is 19.6 Å². The van der Waals surface area contributed by atoms with E-state index in [1.54, 1.807) is 6.92 Å². The summed E-state index contributed by atoms with van der Waals surface area (Å²) in [5.41, 5.74) is 0.972. The molecule has 0 aromatic heterocycles. The van der Waals surface area contributed by atoms with Crippen LogP contribution in [0.1, 0.15) is 12.5 Å². The first kappa shape index (κ1) is 10.6. The third kappa shape index (κ3) is 3.94. The first-order valence-corrected chi connectivity index (χ1v) is 4.49. The van der Waals surface area contributed by atoms with Crippen molar-refractivity contribution in [2.75, 3.05) is 0 Å². The molecule has 0 aliphatic carbocycles. The number of carbonyl (C=O) groups is 1. The number of benzene rings is 1. The Labute approximate surface area is 84.1 Å². The molecule has 3 heteroatoms. The first-order valence-electron chi connectivity index (χ1n) is 4.49. The van der Waals surface area contributed by atoms with Gasteiger partial charge in [0, 0.05) is 6.04 Å². The van der Waals surface area contributed by atoms with Crippen LogP contribution in [0.25, 0.3) is 0 Å². The number of ether oxygens (including phenoxy) is 1. The molecule has 1 aromatic carbocycles. The summed E-state index contributed by atoms with van der Waals surface area (Å²) < 4.78 is 4.95. The van der Waals surface area contributed by atoms with Gasteiger partial charge in [-0.3, -0.25) is 0 Å². The van der Waals surface area contributed by atoms with Gasteiger partial charge in [-0.2, -0.15) is 0 Å². The molecule has 0 bridgehead atoms. The summed E-state index contributed by atoms with van der Waals surface area (Å²) in [5.74, 6) is 0. The van der Waals surface area contributed by atoms with Crippen molar-refractivity contribution in [3.8, 4) is 0 Å². The molecule has 1 atom stereocenters. The minimum absolute atomic E-state index is 0.140. The summed E-state index contributed by atoms with van der Waals surface area (Å²) in [4.78, 5) is 11.1. The van der Waals surface area contributed by atoms with E-state index in [-0.39, 0.29) is 6.04 Å². The Morgan fingerprint density at radius 3 is 2.71 bits per heavy atom. The highest BCUT2D eigenvalue weighted by Gasteiger charge is 2.03. The van der Waals surface area contributed by atoms with Crippen molar-refractivity contribution < 1.29 is 9.53 Å². The minimum Gasteiger partial charge on any atom is -0.445 e. The quantitative estimate of drug-likeness (QED) is 0.796. The zero-order valence-electron chi connectivity index (χ0n) is 8.19. The fraction of sp³-hybridized carbons (Fsp3) is 0.273. The van der Waals surface area contributed by atoms with Crippen LogP contribution in [0, 0.1) is 6.92 Å². The van der Waals surface area contributed by atoms with Crippen molar-refractivity contribution in [3.63, 3.8) is 0 Å². The van der Waals surface area contributed by atoms with E-state index in [4.69, 9.17) is 4.74 Å². The number of hydrogen-bond donors (Lipinski definition) is 1. The van der Waals surface area contributed by atoms with Gasteiger partial charge in [0.05, 0.1) is 0 Å². The van der Waals surface area contributed by atoms with Crippen LogP contribution in [0.15, 0.2) is 30.3 Å². The molecule has 0 fully saturated rings. The molecule has 1 aromatic rings. The summed E-state index contributed by atoms with van der Waals surface area (Å²) in [5, 5.41) is 2.54. The topological polar surface area (TPSA) is 38.3 Å². The van der Waals surface area contributed by atoms with Crippen LogP contribution in [0.5, 0.6) is 0 Å². The molecule has 1 radical (unpaired) electrons. The molecule has 3 nitrogen and oxygen atoms in total. The van der Waals surface area contributed by atoms with E-state index in [1.807, 2.05) is 30.3 Å². The summed E-state index contributed by atoms with van der Waals surface area (Å²) in [6.45, 7) is 5.69. The van der Waals surface area contributed by atoms with Gasteiger partial charge in [-0.15, -0.1) is 0 Å². The van der Waals surface area contributed by atoms with Crippen molar-refractivity contribution in [1.82, 2.24) is 5.32 Å².